The maximum Gasteiger partial charge on any atom is 0.192 e. The molecule has 1 saturated carbocycles. The fourth-order valence-corrected chi connectivity index (χ4v) is 2.70. The number of hydrogen-bond acceptors (Lipinski definition) is 4. The molecule has 1 aliphatic rings. The molecule has 4 nitrogen and oxygen atoms in total. The predicted molar refractivity (Wildman–Crippen MR) is 72.7 cm³/mol. The van der Waals surface area contributed by atoms with Crippen LogP contribution in [0.1, 0.15) is 18.7 Å². The number of anilines is 1. The Kier molecular flexibility index (Phi) is 2.74. The number of nitrogens with two attached hydrogens (primary N) is 1. The highest BCUT2D eigenvalue weighted by Crippen LogP contribution is 2.28. The summed E-state index contributed by atoms with van der Waals surface area (Å²) in [5, 5.41) is 0. The van der Waals surface area contributed by atoms with E-state index in [1.165, 1.54) is 5.69 Å². The summed E-state index contributed by atoms with van der Waals surface area (Å²) in [4.78, 5) is 6.65. The molecule has 96 valence electrons. The van der Waals surface area contributed by atoms with Crippen LogP contribution in [-0.4, -0.2) is 24.6 Å². The molecule has 0 spiro atoms. The normalized spacial score (nSPS) is 23.1. The average Bonchev–Trinajstić information content (AvgIpc) is 2.65. The van der Waals surface area contributed by atoms with E-state index in [9.17, 15) is 0 Å². The van der Waals surface area contributed by atoms with E-state index in [0.29, 0.717) is 6.04 Å². The Bertz CT molecular complexity index is 557. The van der Waals surface area contributed by atoms with Crippen LogP contribution in [0.3, 0.4) is 0 Å². The summed E-state index contributed by atoms with van der Waals surface area (Å²) in [7, 11) is 2.12. The van der Waals surface area contributed by atoms with Gasteiger partial charge in [-0.2, -0.15) is 0 Å². The van der Waals surface area contributed by atoms with Gasteiger partial charge in [-0.15, -0.1) is 0 Å². The zero-order valence-electron chi connectivity index (χ0n) is 10.9. The molecular formula is C14H19N3O. The lowest BCUT2D eigenvalue weighted by Crippen LogP contribution is -2.41. The highest BCUT2D eigenvalue weighted by atomic mass is 16.3. The van der Waals surface area contributed by atoms with Gasteiger partial charge in [0.25, 0.3) is 0 Å². The first-order valence-corrected chi connectivity index (χ1v) is 6.46. The molecule has 1 aromatic heterocycles. The zero-order chi connectivity index (χ0) is 12.7. The largest absolute Gasteiger partial charge is 0.441 e. The van der Waals surface area contributed by atoms with E-state index in [1.54, 1.807) is 0 Å². The number of aromatic nitrogens is 1. The first-order chi connectivity index (χ1) is 8.61. The molecule has 0 bridgehead atoms. The van der Waals surface area contributed by atoms with Crippen molar-refractivity contribution in [1.82, 2.24) is 4.98 Å². The van der Waals surface area contributed by atoms with Gasteiger partial charge >= 0.3 is 0 Å². The van der Waals surface area contributed by atoms with E-state index in [1.807, 2.05) is 13.0 Å². The average molecular weight is 245 g/mol. The Balaban J connectivity index is 1.76. The van der Waals surface area contributed by atoms with Crippen molar-refractivity contribution in [3.8, 4) is 0 Å². The Morgan fingerprint density at radius 2 is 2.22 bits per heavy atom. The highest BCUT2D eigenvalue weighted by molar-refractivity contribution is 5.77. The van der Waals surface area contributed by atoms with Crippen molar-refractivity contribution in [3.05, 3.63) is 24.1 Å². The molecule has 0 atom stereocenters. The third-order valence-electron chi connectivity index (χ3n) is 3.72. The van der Waals surface area contributed by atoms with Crippen LogP contribution in [0.2, 0.25) is 0 Å². The molecular weight excluding hydrogens is 226 g/mol. The summed E-state index contributed by atoms with van der Waals surface area (Å²) in [5.74, 6) is 1.45. The van der Waals surface area contributed by atoms with Gasteiger partial charge in [0, 0.05) is 32.2 Å². The molecule has 4 heteroatoms. The molecule has 1 heterocycles. The molecule has 2 aromatic rings. The van der Waals surface area contributed by atoms with Crippen molar-refractivity contribution in [2.75, 3.05) is 18.5 Å². The smallest absolute Gasteiger partial charge is 0.192 e. The van der Waals surface area contributed by atoms with Crippen molar-refractivity contribution in [2.45, 2.75) is 25.8 Å². The topological polar surface area (TPSA) is 55.3 Å². The fraction of sp³-hybridized carbons (Fsp3) is 0.500. The van der Waals surface area contributed by atoms with Crippen molar-refractivity contribution in [2.24, 2.45) is 11.7 Å². The van der Waals surface area contributed by atoms with Crippen LogP contribution in [0.4, 0.5) is 5.69 Å². The number of hydrogen-bond donors (Lipinski definition) is 1. The summed E-state index contributed by atoms with van der Waals surface area (Å²) in [5.41, 5.74) is 8.80. The number of nitrogens with zero attached hydrogens (tertiary/aromatic N) is 2. The Hall–Kier alpha value is -1.55. The maximum absolute atomic E-state index is 5.82. The minimum Gasteiger partial charge on any atom is -0.441 e. The second-order valence-electron chi connectivity index (χ2n) is 5.36. The van der Waals surface area contributed by atoms with Gasteiger partial charge < -0.3 is 15.1 Å². The quantitative estimate of drug-likeness (QED) is 0.901. The Morgan fingerprint density at radius 1 is 1.44 bits per heavy atom. The van der Waals surface area contributed by atoms with E-state index in [2.05, 4.69) is 29.1 Å². The third kappa shape index (κ3) is 2.08. The van der Waals surface area contributed by atoms with Crippen LogP contribution in [0, 0.1) is 12.8 Å². The second-order valence-corrected chi connectivity index (χ2v) is 5.36. The molecule has 0 unspecified atom stereocenters. The predicted octanol–water partition coefficient (Wildman–Crippen LogP) is 2.31. The molecule has 2 N–H and O–H groups in total. The molecule has 1 aromatic carbocycles. The van der Waals surface area contributed by atoms with Crippen LogP contribution >= 0.6 is 0 Å². The van der Waals surface area contributed by atoms with Crippen molar-refractivity contribution in [3.63, 3.8) is 0 Å². The second kappa shape index (κ2) is 4.28. The number of aryl methyl sites for hydroxylation is 1. The summed E-state index contributed by atoms with van der Waals surface area (Å²) >= 11 is 0. The molecule has 0 amide bonds. The third-order valence-corrected chi connectivity index (χ3v) is 3.72. The summed E-state index contributed by atoms with van der Waals surface area (Å²) < 4.78 is 5.48. The van der Waals surface area contributed by atoms with Gasteiger partial charge in [0.1, 0.15) is 5.52 Å². The minimum absolute atomic E-state index is 0.420. The first kappa shape index (κ1) is 11.5. The lowest BCUT2D eigenvalue weighted by Gasteiger charge is -2.36. The monoisotopic (exact) mass is 245 g/mol. The summed E-state index contributed by atoms with van der Waals surface area (Å²) in [6, 6.07) is 6.59. The first-order valence-electron chi connectivity index (χ1n) is 6.46. The van der Waals surface area contributed by atoms with Crippen molar-refractivity contribution in [1.29, 1.82) is 0 Å². The number of benzene rings is 1. The van der Waals surface area contributed by atoms with Crippen LogP contribution in [-0.2, 0) is 0 Å². The molecule has 18 heavy (non-hydrogen) atoms. The van der Waals surface area contributed by atoms with E-state index in [-0.39, 0.29) is 0 Å². The van der Waals surface area contributed by atoms with Crippen LogP contribution in [0.5, 0.6) is 0 Å². The van der Waals surface area contributed by atoms with Gasteiger partial charge in [-0.1, -0.05) is 0 Å². The molecule has 3 rings (SSSR count). The van der Waals surface area contributed by atoms with E-state index in [4.69, 9.17) is 10.2 Å². The molecule has 0 radical (unpaired) electrons. The van der Waals surface area contributed by atoms with Crippen molar-refractivity contribution < 1.29 is 4.42 Å². The Morgan fingerprint density at radius 3 is 2.94 bits per heavy atom. The lowest BCUT2D eigenvalue weighted by atomic mass is 9.80. The van der Waals surface area contributed by atoms with Crippen LogP contribution < -0.4 is 10.6 Å². The number of fused-ring (bicyclic) bond motifs is 1. The zero-order valence-corrected chi connectivity index (χ0v) is 10.9. The van der Waals surface area contributed by atoms with Crippen LogP contribution in [0.25, 0.3) is 11.1 Å². The Labute approximate surface area is 107 Å². The van der Waals surface area contributed by atoms with Gasteiger partial charge in [-0.3, -0.25) is 0 Å². The van der Waals surface area contributed by atoms with Gasteiger partial charge in [0.2, 0.25) is 0 Å². The lowest BCUT2D eigenvalue weighted by molar-refractivity contribution is 0.271. The number of rotatable bonds is 3. The standard InChI is InChI=1S/C14H19N3O/c1-9-16-13-7-12(3-4-14(13)18-9)17(2)8-10-5-11(15)6-10/h3-4,7,10-11H,5-6,8,15H2,1-2H3. The summed E-state index contributed by atoms with van der Waals surface area (Å²) in [6.45, 7) is 2.94. The van der Waals surface area contributed by atoms with Gasteiger partial charge in [0.05, 0.1) is 0 Å². The maximum atomic E-state index is 5.82. The van der Waals surface area contributed by atoms with E-state index >= 15 is 0 Å². The SMILES string of the molecule is Cc1nc2cc(N(C)CC3CC(N)C3)ccc2o1. The molecule has 1 fully saturated rings. The summed E-state index contributed by atoms with van der Waals surface area (Å²) in [6.07, 6.45) is 2.30. The molecule has 1 aliphatic carbocycles. The molecule has 0 aliphatic heterocycles. The van der Waals surface area contributed by atoms with Crippen molar-refractivity contribution >= 4 is 16.8 Å². The van der Waals surface area contributed by atoms with Gasteiger partial charge in [-0.25, -0.2) is 4.98 Å². The van der Waals surface area contributed by atoms with Gasteiger partial charge in [-0.05, 0) is 37.0 Å². The highest BCUT2D eigenvalue weighted by Gasteiger charge is 2.26. The van der Waals surface area contributed by atoms with E-state index in [0.717, 1.165) is 42.3 Å². The number of oxazole rings is 1. The fourth-order valence-electron chi connectivity index (χ4n) is 2.70. The van der Waals surface area contributed by atoms with Crippen LogP contribution in [0.15, 0.2) is 22.6 Å². The van der Waals surface area contributed by atoms with Gasteiger partial charge in [0.15, 0.2) is 11.5 Å². The molecule has 0 saturated heterocycles. The minimum atomic E-state index is 0.420. The van der Waals surface area contributed by atoms with E-state index < -0.39 is 0 Å².